The Morgan fingerprint density at radius 3 is 2.87 bits per heavy atom. The lowest BCUT2D eigenvalue weighted by atomic mass is 10.0. The monoisotopic (exact) mass is 349 g/mol. The van der Waals surface area contributed by atoms with Crippen LogP contribution in [-0.4, -0.2) is 30.8 Å². The number of amides is 1. The molecule has 0 radical (unpaired) electrons. The van der Waals surface area contributed by atoms with E-state index in [4.69, 9.17) is 0 Å². The number of aryl methyl sites for hydroxylation is 2. The van der Waals surface area contributed by atoms with Crippen molar-refractivity contribution in [2.24, 2.45) is 0 Å². The number of carbonyl (C=O) groups excluding carboxylic acids is 1. The van der Waals surface area contributed by atoms with Crippen LogP contribution in [0.5, 0.6) is 0 Å². The van der Waals surface area contributed by atoms with Gasteiger partial charge in [0.05, 0.1) is 12.2 Å². The number of anilines is 1. The van der Waals surface area contributed by atoms with Gasteiger partial charge in [0.1, 0.15) is 7.29 Å². The zero-order chi connectivity index (χ0) is 16.4. The molecule has 5 nitrogen and oxygen atoms in total. The molecule has 0 unspecified atom stereocenters. The summed E-state index contributed by atoms with van der Waals surface area (Å²) in [7, 11) is -2.41. The van der Waals surface area contributed by atoms with Gasteiger partial charge in [0, 0.05) is 23.8 Å². The zero-order valence-electron chi connectivity index (χ0n) is 13.3. The summed E-state index contributed by atoms with van der Waals surface area (Å²) in [5.74, 6) is -0.217. The molecular formula is C16H20N3O2PS. The highest BCUT2D eigenvalue weighted by molar-refractivity contribution is 7.60. The Morgan fingerprint density at radius 2 is 2.09 bits per heavy atom. The zero-order valence-corrected chi connectivity index (χ0v) is 15.0. The number of hydrogen-bond acceptors (Lipinski definition) is 4. The molecule has 0 spiro atoms. The highest BCUT2D eigenvalue weighted by Gasteiger charge is 2.20. The van der Waals surface area contributed by atoms with E-state index in [2.05, 4.69) is 33.6 Å². The van der Waals surface area contributed by atoms with Crippen LogP contribution >= 0.6 is 18.6 Å². The lowest BCUT2D eigenvalue weighted by molar-refractivity contribution is -0.115. The molecule has 0 bridgehead atoms. The Bertz CT molecular complexity index is 781. The summed E-state index contributed by atoms with van der Waals surface area (Å²) in [6.07, 6.45) is 3.14. The summed E-state index contributed by atoms with van der Waals surface area (Å²) in [6.45, 7) is 3.23. The van der Waals surface area contributed by atoms with Crippen LogP contribution in [0.4, 0.5) is 5.13 Å². The molecule has 1 heterocycles. The maximum Gasteiger partial charge on any atom is 0.240 e. The number of fused-ring (bicyclic) bond motifs is 3. The molecule has 0 saturated heterocycles. The summed E-state index contributed by atoms with van der Waals surface area (Å²) < 4.78 is 11.6. The number of nitrogens with one attached hydrogen (secondary N) is 2. The van der Waals surface area contributed by atoms with Gasteiger partial charge in [-0.15, -0.1) is 11.3 Å². The third kappa shape index (κ3) is 4.08. The summed E-state index contributed by atoms with van der Waals surface area (Å²) in [6, 6.07) is 8.32. The number of benzene rings is 1. The van der Waals surface area contributed by atoms with Crippen molar-refractivity contribution in [3.63, 3.8) is 0 Å². The van der Waals surface area contributed by atoms with Gasteiger partial charge in [0.2, 0.25) is 5.91 Å². The van der Waals surface area contributed by atoms with E-state index in [0.717, 1.165) is 25.0 Å². The molecule has 0 saturated carbocycles. The Morgan fingerprint density at radius 1 is 1.30 bits per heavy atom. The van der Waals surface area contributed by atoms with Crippen molar-refractivity contribution in [3.05, 3.63) is 34.7 Å². The van der Waals surface area contributed by atoms with E-state index in [-0.39, 0.29) is 12.5 Å². The Hall–Kier alpha value is -1.49. The van der Waals surface area contributed by atoms with Gasteiger partial charge in [-0.25, -0.2) is 4.98 Å². The van der Waals surface area contributed by atoms with Gasteiger partial charge in [0.25, 0.3) is 0 Å². The van der Waals surface area contributed by atoms with E-state index < -0.39 is 7.29 Å². The Labute approximate surface area is 140 Å². The van der Waals surface area contributed by atoms with Crippen molar-refractivity contribution >= 4 is 29.7 Å². The van der Waals surface area contributed by atoms with Gasteiger partial charge in [-0.3, -0.25) is 9.88 Å². The minimum atomic E-state index is -2.41. The summed E-state index contributed by atoms with van der Waals surface area (Å²) in [4.78, 5) is 17.8. The van der Waals surface area contributed by atoms with E-state index in [1.54, 1.807) is 13.3 Å². The van der Waals surface area contributed by atoms with Gasteiger partial charge in [-0.1, -0.05) is 24.3 Å². The molecule has 1 amide bonds. The number of rotatable bonds is 4. The first kappa shape index (κ1) is 16.4. The van der Waals surface area contributed by atoms with Crippen LogP contribution in [0.3, 0.4) is 0 Å². The predicted octanol–water partition coefficient (Wildman–Crippen LogP) is 3.36. The first-order valence-corrected chi connectivity index (χ1v) is 11.0. The summed E-state index contributed by atoms with van der Waals surface area (Å²) in [5.41, 5.74) is 3.47. The minimum absolute atomic E-state index is 0.0328. The van der Waals surface area contributed by atoms with E-state index >= 15 is 0 Å². The van der Waals surface area contributed by atoms with Crippen molar-refractivity contribution in [1.29, 1.82) is 0 Å². The second kappa shape index (κ2) is 6.56. The van der Waals surface area contributed by atoms with Gasteiger partial charge < -0.3 is 9.88 Å². The number of aromatic nitrogens is 1. The first-order valence-electron chi connectivity index (χ1n) is 7.60. The molecule has 23 heavy (non-hydrogen) atoms. The molecule has 2 N–H and O–H groups in total. The summed E-state index contributed by atoms with van der Waals surface area (Å²) >= 11 is 1.53. The molecule has 0 atom stereocenters. The first-order chi connectivity index (χ1) is 10.9. The van der Waals surface area contributed by atoms with Crippen LogP contribution in [0.15, 0.2) is 24.3 Å². The quantitative estimate of drug-likeness (QED) is 0.831. The smallest absolute Gasteiger partial charge is 0.240 e. The van der Waals surface area contributed by atoms with Crippen molar-refractivity contribution < 1.29 is 9.36 Å². The SMILES string of the molecule is CP(C)(=O)NCC(=O)Nc1nc2c(s1)CCCc1ccccc1-2. The van der Waals surface area contributed by atoms with Gasteiger partial charge in [0.15, 0.2) is 5.13 Å². The molecule has 2 aromatic rings. The third-order valence-corrected chi connectivity index (χ3v) is 5.64. The van der Waals surface area contributed by atoms with Gasteiger partial charge >= 0.3 is 0 Å². The van der Waals surface area contributed by atoms with Crippen LogP contribution in [-0.2, 0) is 22.2 Å². The molecule has 0 aliphatic heterocycles. The van der Waals surface area contributed by atoms with E-state index in [9.17, 15) is 9.36 Å². The molecular weight excluding hydrogens is 329 g/mol. The maximum atomic E-state index is 12.0. The number of nitrogens with zero attached hydrogens (tertiary/aromatic N) is 1. The molecule has 3 rings (SSSR count). The standard InChI is InChI=1S/C16H20N3O2PS/c1-22(2,21)17-10-14(20)18-16-19-15-12-8-4-3-6-11(12)7-5-9-13(15)23-16/h3-4,6,8H,5,7,9-10H2,1-2H3,(H,17,21)(H,18,19,20). The third-order valence-electron chi connectivity index (χ3n) is 3.69. The molecule has 7 heteroatoms. The van der Waals surface area contributed by atoms with E-state index in [0.29, 0.717) is 5.13 Å². The number of carbonyl (C=O) groups is 1. The lowest BCUT2D eigenvalue weighted by Crippen LogP contribution is -2.25. The fourth-order valence-corrected chi connectivity index (χ4v) is 4.18. The van der Waals surface area contributed by atoms with Crippen molar-refractivity contribution in [2.45, 2.75) is 19.3 Å². The molecule has 0 fully saturated rings. The van der Waals surface area contributed by atoms with E-state index in [1.807, 2.05) is 6.07 Å². The molecule has 1 aromatic heterocycles. The molecule has 1 aromatic carbocycles. The fourth-order valence-electron chi connectivity index (χ4n) is 2.62. The highest BCUT2D eigenvalue weighted by Crippen LogP contribution is 2.37. The second-order valence-corrected chi connectivity index (χ2v) is 10.1. The van der Waals surface area contributed by atoms with Crippen LogP contribution in [0.2, 0.25) is 0 Å². The topological polar surface area (TPSA) is 71.1 Å². The normalized spacial score (nSPS) is 13.8. The van der Waals surface area contributed by atoms with Crippen molar-refractivity contribution in [2.75, 3.05) is 25.2 Å². The lowest BCUT2D eigenvalue weighted by Gasteiger charge is -2.08. The average Bonchev–Trinajstić information content (AvgIpc) is 2.80. The number of hydrogen-bond donors (Lipinski definition) is 2. The second-order valence-electron chi connectivity index (χ2n) is 6.04. The fraction of sp³-hybridized carbons (Fsp3) is 0.375. The molecule has 1 aliphatic carbocycles. The predicted molar refractivity (Wildman–Crippen MR) is 95.7 cm³/mol. The summed E-state index contributed by atoms with van der Waals surface area (Å²) in [5, 5.41) is 6.17. The molecule has 122 valence electrons. The van der Waals surface area contributed by atoms with Crippen molar-refractivity contribution in [3.8, 4) is 11.3 Å². The van der Waals surface area contributed by atoms with E-state index in [1.165, 1.54) is 27.3 Å². The van der Waals surface area contributed by atoms with Crippen LogP contribution < -0.4 is 10.4 Å². The van der Waals surface area contributed by atoms with Crippen LogP contribution in [0.1, 0.15) is 16.9 Å². The minimum Gasteiger partial charge on any atom is -0.307 e. The molecule has 1 aliphatic rings. The Kier molecular flexibility index (Phi) is 4.67. The highest BCUT2D eigenvalue weighted by atomic mass is 32.1. The average molecular weight is 349 g/mol. The van der Waals surface area contributed by atoms with Gasteiger partial charge in [-0.05, 0) is 24.8 Å². The largest absolute Gasteiger partial charge is 0.307 e. The Balaban J connectivity index is 1.78. The van der Waals surface area contributed by atoms with Gasteiger partial charge in [-0.2, -0.15) is 0 Å². The van der Waals surface area contributed by atoms with Crippen molar-refractivity contribution in [1.82, 2.24) is 10.1 Å². The maximum absolute atomic E-state index is 12.0. The van der Waals surface area contributed by atoms with Crippen LogP contribution in [0.25, 0.3) is 11.3 Å². The number of thiazole rings is 1. The van der Waals surface area contributed by atoms with Crippen LogP contribution in [0, 0.1) is 0 Å².